The second kappa shape index (κ2) is 4.06. The van der Waals surface area contributed by atoms with Crippen LogP contribution >= 0.6 is 0 Å². The Morgan fingerprint density at radius 1 is 1.76 bits per heavy atom. The first-order valence-electron chi connectivity index (χ1n) is 4.96. The predicted octanol–water partition coefficient (Wildman–Crippen LogP) is -1.24. The highest BCUT2D eigenvalue weighted by molar-refractivity contribution is 5.23. The molecule has 1 saturated heterocycles. The van der Waals surface area contributed by atoms with Gasteiger partial charge in [0.2, 0.25) is 5.85 Å². The number of halogens is 1. The van der Waals surface area contributed by atoms with Crippen LogP contribution in [0.1, 0.15) is 12.6 Å². The summed E-state index contributed by atoms with van der Waals surface area (Å²) in [5.41, 5.74) is 4.60. The number of nitrogens with zero attached hydrogens (tertiary/aromatic N) is 2. The summed E-state index contributed by atoms with van der Waals surface area (Å²) in [6.45, 7) is -0.680. The van der Waals surface area contributed by atoms with Crippen LogP contribution in [0.25, 0.3) is 0 Å². The van der Waals surface area contributed by atoms with Crippen molar-refractivity contribution in [1.29, 1.82) is 0 Å². The summed E-state index contributed by atoms with van der Waals surface area (Å²) in [6, 6.07) is 1.36. The molecule has 0 bridgehead atoms. The Balaban J connectivity index is 2.29. The van der Waals surface area contributed by atoms with Crippen LogP contribution in [0.4, 0.5) is 10.2 Å². The van der Waals surface area contributed by atoms with Gasteiger partial charge in [0.1, 0.15) is 18.1 Å². The van der Waals surface area contributed by atoms with E-state index in [-0.39, 0.29) is 5.82 Å². The number of aliphatic hydroxyl groups excluding tert-OH is 1. The SMILES string of the molecule is Nc1ccn([C@H]2C[C@@](O)(F)[C@@H](CO)O2)c(=O)n1. The van der Waals surface area contributed by atoms with Crippen molar-refractivity contribution in [1.82, 2.24) is 9.55 Å². The summed E-state index contributed by atoms with van der Waals surface area (Å²) in [6.07, 6.45) is -1.55. The first-order valence-corrected chi connectivity index (χ1v) is 4.96. The summed E-state index contributed by atoms with van der Waals surface area (Å²) in [5.74, 6) is -2.63. The standard InChI is InChI=1S/C9H12FN3O4/c10-9(16)3-7(17-5(9)4-14)13-2-1-6(11)12-8(13)15/h1-2,5,7,14,16H,3-4H2,(H2,11,12,15)/t5-,7-,9+/m1/s1. The van der Waals surface area contributed by atoms with E-state index in [1.165, 1.54) is 12.3 Å². The molecule has 0 radical (unpaired) electrons. The number of rotatable bonds is 2. The quantitative estimate of drug-likeness (QED) is 0.601. The van der Waals surface area contributed by atoms with E-state index >= 15 is 0 Å². The molecule has 0 amide bonds. The van der Waals surface area contributed by atoms with Gasteiger partial charge in [0, 0.05) is 6.20 Å². The van der Waals surface area contributed by atoms with Gasteiger partial charge in [-0.15, -0.1) is 0 Å². The van der Waals surface area contributed by atoms with E-state index in [0.29, 0.717) is 0 Å². The first kappa shape index (κ1) is 12.0. The van der Waals surface area contributed by atoms with Crippen molar-refractivity contribution < 1.29 is 19.3 Å². The van der Waals surface area contributed by atoms with Gasteiger partial charge in [0.15, 0.2) is 0 Å². The van der Waals surface area contributed by atoms with Gasteiger partial charge in [0.25, 0.3) is 0 Å². The van der Waals surface area contributed by atoms with E-state index in [9.17, 15) is 14.3 Å². The van der Waals surface area contributed by atoms with E-state index in [1.807, 2.05) is 0 Å². The lowest BCUT2D eigenvalue weighted by Gasteiger charge is -2.16. The smallest absolute Gasteiger partial charge is 0.351 e. The molecule has 3 atom stereocenters. The number of alkyl halides is 1. The molecule has 0 unspecified atom stereocenters. The number of aromatic nitrogens is 2. The fraction of sp³-hybridized carbons (Fsp3) is 0.556. The first-order chi connectivity index (χ1) is 7.94. The van der Waals surface area contributed by atoms with E-state index in [4.69, 9.17) is 15.6 Å². The van der Waals surface area contributed by atoms with Crippen LogP contribution in [0.15, 0.2) is 17.1 Å². The number of aliphatic hydroxyl groups is 2. The molecular weight excluding hydrogens is 233 g/mol. The van der Waals surface area contributed by atoms with Crippen LogP contribution in [-0.2, 0) is 4.74 Å². The third-order valence-corrected chi connectivity index (χ3v) is 2.60. The molecule has 7 nitrogen and oxygen atoms in total. The molecule has 4 N–H and O–H groups in total. The summed E-state index contributed by atoms with van der Waals surface area (Å²) in [5, 5.41) is 18.2. The van der Waals surface area contributed by atoms with Crippen molar-refractivity contribution in [2.24, 2.45) is 0 Å². The minimum Gasteiger partial charge on any atom is -0.393 e. The monoisotopic (exact) mass is 245 g/mol. The van der Waals surface area contributed by atoms with E-state index in [1.54, 1.807) is 0 Å². The second-order valence-electron chi connectivity index (χ2n) is 3.83. The average Bonchev–Trinajstić information content (AvgIpc) is 2.53. The van der Waals surface area contributed by atoms with Crippen molar-refractivity contribution in [3.8, 4) is 0 Å². The van der Waals surface area contributed by atoms with Crippen LogP contribution in [-0.4, -0.2) is 38.3 Å². The molecule has 2 rings (SSSR count). The van der Waals surface area contributed by atoms with Crippen molar-refractivity contribution in [2.45, 2.75) is 24.6 Å². The number of hydrogen-bond acceptors (Lipinski definition) is 6. The van der Waals surface area contributed by atoms with Crippen LogP contribution in [0.5, 0.6) is 0 Å². The molecular formula is C9H12FN3O4. The number of ether oxygens (including phenoxy) is 1. The third-order valence-electron chi connectivity index (χ3n) is 2.60. The van der Waals surface area contributed by atoms with Gasteiger partial charge >= 0.3 is 5.69 Å². The zero-order chi connectivity index (χ0) is 12.6. The highest BCUT2D eigenvalue weighted by Crippen LogP contribution is 2.36. The van der Waals surface area contributed by atoms with Gasteiger partial charge < -0.3 is 20.7 Å². The predicted molar refractivity (Wildman–Crippen MR) is 54.6 cm³/mol. The number of nitrogen functional groups attached to an aromatic ring is 1. The maximum absolute atomic E-state index is 13.5. The molecule has 1 aromatic heterocycles. The molecule has 0 aliphatic carbocycles. The molecule has 0 aromatic carbocycles. The fourth-order valence-electron chi connectivity index (χ4n) is 1.71. The zero-order valence-corrected chi connectivity index (χ0v) is 8.78. The molecule has 2 heterocycles. The van der Waals surface area contributed by atoms with Gasteiger partial charge in [-0.2, -0.15) is 4.98 Å². The molecule has 1 aliphatic rings. The van der Waals surface area contributed by atoms with E-state index < -0.39 is 36.9 Å². The van der Waals surface area contributed by atoms with Crippen molar-refractivity contribution in [3.05, 3.63) is 22.7 Å². The van der Waals surface area contributed by atoms with E-state index in [2.05, 4.69) is 4.98 Å². The molecule has 0 spiro atoms. The number of nitrogens with two attached hydrogens (primary N) is 1. The van der Waals surface area contributed by atoms with Gasteiger partial charge in [-0.1, -0.05) is 0 Å². The minimum absolute atomic E-state index is 0.0402. The lowest BCUT2D eigenvalue weighted by atomic mass is 10.1. The highest BCUT2D eigenvalue weighted by atomic mass is 19.2. The Kier molecular flexibility index (Phi) is 2.86. The molecule has 0 saturated carbocycles. The molecule has 1 fully saturated rings. The summed E-state index contributed by atoms with van der Waals surface area (Å²) in [7, 11) is 0. The Hall–Kier alpha value is -1.51. The van der Waals surface area contributed by atoms with Crippen LogP contribution < -0.4 is 11.4 Å². The highest BCUT2D eigenvalue weighted by Gasteiger charge is 2.48. The van der Waals surface area contributed by atoms with Crippen LogP contribution in [0.3, 0.4) is 0 Å². The second-order valence-corrected chi connectivity index (χ2v) is 3.83. The third kappa shape index (κ3) is 2.14. The van der Waals surface area contributed by atoms with Gasteiger partial charge in [0.05, 0.1) is 13.0 Å². The van der Waals surface area contributed by atoms with Crippen LogP contribution in [0.2, 0.25) is 0 Å². The Labute approximate surface area is 95.3 Å². The Bertz CT molecular complexity index is 476. The van der Waals surface area contributed by atoms with Crippen molar-refractivity contribution in [2.75, 3.05) is 12.3 Å². The van der Waals surface area contributed by atoms with Crippen LogP contribution in [0, 0.1) is 0 Å². The van der Waals surface area contributed by atoms with Gasteiger partial charge in [-0.05, 0) is 6.07 Å². The fourth-order valence-corrected chi connectivity index (χ4v) is 1.71. The molecule has 17 heavy (non-hydrogen) atoms. The van der Waals surface area contributed by atoms with Gasteiger partial charge in [-0.3, -0.25) is 4.57 Å². The maximum Gasteiger partial charge on any atom is 0.351 e. The molecule has 1 aromatic rings. The minimum atomic E-state index is -2.67. The molecule has 94 valence electrons. The molecule has 8 heteroatoms. The lowest BCUT2D eigenvalue weighted by Crippen LogP contribution is -2.35. The topological polar surface area (TPSA) is 111 Å². The van der Waals surface area contributed by atoms with Crippen molar-refractivity contribution >= 4 is 5.82 Å². The molecule has 1 aliphatic heterocycles. The normalized spacial score (nSPS) is 32.9. The van der Waals surface area contributed by atoms with Crippen molar-refractivity contribution in [3.63, 3.8) is 0 Å². The maximum atomic E-state index is 13.5. The Morgan fingerprint density at radius 3 is 3.00 bits per heavy atom. The number of anilines is 1. The van der Waals surface area contributed by atoms with E-state index in [0.717, 1.165) is 4.57 Å². The Morgan fingerprint density at radius 2 is 2.47 bits per heavy atom. The van der Waals surface area contributed by atoms with Gasteiger partial charge in [-0.25, -0.2) is 9.18 Å². The number of hydrogen-bond donors (Lipinski definition) is 3. The summed E-state index contributed by atoms with van der Waals surface area (Å²) < 4.78 is 19.6. The summed E-state index contributed by atoms with van der Waals surface area (Å²) >= 11 is 0. The zero-order valence-electron chi connectivity index (χ0n) is 8.78. The average molecular weight is 245 g/mol. The largest absolute Gasteiger partial charge is 0.393 e. The lowest BCUT2D eigenvalue weighted by molar-refractivity contribution is -0.150. The summed E-state index contributed by atoms with van der Waals surface area (Å²) in [4.78, 5) is 14.9.